The topological polar surface area (TPSA) is 87.1 Å². The molecule has 6 nitrogen and oxygen atoms in total. The van der Waals surface area contributed by atoms with E-state index in [-0.39, 0.29) is 35.9 Å². The van der Waals surface area contributed by atoms with Crippen LogP contribution in [0.1, 0.15) is 45.8 Å². The second kappa shape index (κ2) is 10.7. The number of aryl methyl sites for hydroxylation is 1. The van der Waals surface area contributed by atoms with Crippen LogP contribution >= 0.6 is 27.3 Å². The normalized spacial score (nSPS) is 17.8. The molecule has 2 heterocycles. The number of thiophene rings is 1. The summed E-state index contributed by atoms with van der Waals surface area (Å²) in [5, 5.41) is 19.2. The van der Waals surface area contributed by atoms with Crippen molar-refractivity contribution in [2.75, 3.05) is 13.2 Å². The van der Waals surface area contributed by atoms with Gasteiger partial charge in [0.25, 0.3) is 5.92 Å². The lowest BCUT2D eigenvalue weighted by atomic mass is 9.96. The molecule has 1 fully saturated rings. The zero-order valence-electron chi connectivity index (χ0n) is 17.2. The standard InChI is InChI=1S/C22H24BrF2NO5S/c23-15-4-1-3-14(13-15)22(24,25)19(27)9-6-16-10-12-31-21(30)26(16)11-2-5-17-7-8-18(32-17)20(28)29/h1,3-4,7-8,13,16,19,27H,2,5-6,9-12H2,(H,28,29)/t16?,19-/m1/s1. The molecule has 1 aromatic carbocycles. The molecular formula is C22H24BrF2NO5S. The number of amides is 1. The molecule has 3 rings (SSSR count). The minimum Gasteiger partial charge on any atom is -0.477 e. The first-order valence-electron chi connectivity index (χ1n) is 10.3. The Bertz CT molecular complexity index is 954. The number of hydrogen-bond donors (Lipinski definition) is 2. The number of nitrogens with zero attached hydrogens (tertiary/aromatic N) is 1. The molecule has 2 atom stereocenters. The predicted molar refractivity (Wildman–Crippen MR) is 119 cm³/mol. The Balaban J connectivity index is 1.56. The summed E-state index contributed by atoms with van der Waals surface area (Å²) >= 11 is 4.36. The molecule has 0 aliphatic carbocycles. The van der Waals surface area contributed by atoms with Crippen molar-refractivity contribution >= 4 is 39.3 Å². The lowest BCUT2D eigenvalue weighted by Crippen LogP contribution is -2.47. The van der Waals surface area contributed by atoms with Gasteiger partial charge in [-0.25, -0.2) is 9.59 Å². The molecule has 1 aromatic heterocycles. The molecule has 1 unspecified atom stereocenters. The zero-order valence-corrected chi connectivity index (χ0v) is 19.6. The van der Waals surface area contributed by atoms with Gasteiger partial charge in [-0.1, -0.05) is 28.1 Å². The summed E-state index contributed by atoms with van der Waals surface area (Å²) in [6, 6.07) is 8.68. The second-order valence-electron chi connectivity index (χ2n) is 7.65. The minimum atomic E-state index is -3.41. The summed E-state index contributed by atoms with van der Waals surface area (Å²) in [5.41, 5.74) is -0.268. The molecular weight excluding hydrogens is 508 g/mol. The number of aliphatic hydroxyl groups is 1. The Morgan fingerprint density at radius 2 is 2.12 bits per heavy atom. The van der Waals surface area contributed by atoms with E-state index >= 15 is 0 Å². The van der Waals surface area contributed by atoms with Crippen LogP contribution in [0.4, 0.5) is 13.6 Å². The molecule has 0 radical (unpaired) electrons. The number of carbonyl (C=O) groups is 2. The van der Waals surface area contributed by atoms with Gasteiger partial charge in [-0.15, -0.1) is 11.3 Å². The Hall–Kier alpha value is -2.04. The van der Waals surface area contributed by atoms with E-state index in [1.54, 1.807) is 18.2 Å². The molecule has 0 bridgehead atoms. The van der Waals surface area contributed by atoms with E-state index in [1.165, 1.54) is 34.4 Å². The van der Waals surface area contributed by atoms with Gasteiger partial charge in [0.15, 0.2) is 0 Å². The fourth-order valence-corrected chi connectivity index (χ4v) is 5.00. The summed E-state index contributed by atoms with van der Waals surface area (Å²) in [6.45, 7) is 0.576. The van der Waals surface area contributed by atoms with E-state index in [4.69, 9.17) is 9.84 Å². The Morgan fingerprint density at radius 3 is 2.81 bits per heavy atom. The van der Waals surface area contributed by atoms with Gasteiger partial charge in [0.05, 0.1) is 6.61 Å². The number of aromatic carboxylic acids is 1. The molecule has 32 heavy (non-hydrogen) atoms. The number of carbonyl (C=O) groups excluding carboxylic acids is 1. The van der Waals surface area contributed by atoms with Gasteiger partial charge in [0.1, 0.15) is 11.0 Å². The zero-order chi connectivity index (χ0) is 23.3. The average molecular weight is 532 g/mol. The molecule has 0 saturated carbocycles. The lowest BCUT2D eigenvalue weighted by Gasteiger charge is -2.36. The van der Waals surface area contributed by atoms with E-state index in [9.17, 15) is 23.5 Å². The van der Waals surface area contributed by atoms with Crippen LogP contribution in [0.5, 0.6) is 0 Å². The number of alkyl halides is 2. The highest BCUT2D eigenvalue weighted by Crippen LogP contribution is 2.36. The average Bonchev–Trinajstić information content (AvgIpc) is 3.23. The van der Waals surface area contributed by atoms with Gasteiger partial charge < -0.3 is 19.8 Å². The quantitative estimate of drug-likeness (QED) is 0.435. The summed E-state index contributed by atoms with van der Waals surface area (Å²) in [7, 11) is 0. The van der Waals surface area contributed by atoms with E-state index in [0.29, 0.717) is 30.3 Å². The van der Waals surface area contributed by atoms with Crippen LogP contribution in [-0.4, -0.2) is 52.5 Å². The van der Waals surface area contributed by atoms with Gasteiger partial charge >= 0.3 is 12.1 Å². The first-order valence-corrected chi connectivity index (χ1v) is 11.9. The number of ether oxygens (including phenoxy) is 1. The second-order valence-corrected chi connectivity index (χ2v) is 9.74. The SMILES string of the molecule is O=C(O)c1ccc(CCCN2C(=O)OCCC2CC[C@@H](O)C(F)(F)c2cccc(Br)c2)s1. The first kappa shape index (κ1) is 24.6. The number of aliphatic hydroxyl groups excluding tert-OH is 1. The van der Waals surface area contributed by atoms with Crippen LogP contribution in [0, 0.1) is 0 Å². The maximum atomic E-state index is 14.7. The van der Waals surface area contributed by atoms with Gasteiger partial charge in [0.2, 0.25) is 0 Å². The molecule has 1 aliphatic heterocycles. The van der Waals surface area contributed by atoms with Gasteiger partial charge in [0, 0.05) is 33.9 Å². The van der Waals surface area contributed by atoms with Gasteiger partial charge in [-0.05, 0) is 49.9 Å². The molecule has 10 heteroatoms. The van der Waals surface area contributed by atoms with E-state index in [0.717, 1.165) is 4.88 Å². The molecule has 0 spiro atoms. The Kier molecular flexibility index (Phi) is 8.24. The van der Waals surface area contributed by atoms with Crippen molar-refractivity contribution in [2.45, 2.75) is 50.2 Å². The third-order valence-corrected chi connectivity index (χ3v) is 7.07. The van der Waals surface area contributed by atoms with Crippen molar-refractivity contribution in [1.82, 2.24) is 4.90 Å². The highest BCUT2D eigenvalue weighted by Gasteiger charge is 2.41. The predicted octanol–water partition coefficient (Wildman–Crippen LogP) is 5.29. The van der Waals surface area contributed by atoms with Crippen molar-refractivity contribution in [2.24, 2.45) is 0 Å². The Labute approximate surface area is 196 Å². The smallest absolute Gasteiger partial charge is 0.410 e. The summed E-state index contributed by atoms with van der Waals surface area (Å²) < 4.78 is 35.0. The van der Waals surface area contributed by atoms with Crippen molar-refractivity contribution in [3.8, 4) is 0 Å². The lowest BCUT2D eigenvalue weighted by molar-refractivity contribution is -0.120. The van der Waals surface area contributed by atoms with Crippen LogP contribution in [0.3, 0.4) is 0 Å². The monoisotopic (exact) mass is 531 g/mol. The summed E-state index contributed by atoms with van der Waals surface area (Å²) in [6.07, 6.45) is -0.629. The van der Waals surface area contributed by atoms with Crippen LogP contribution in [0.25, 0.3) is 0 Å². The summed E-state index contributed by atoms with van der Waals surface area (Å²) in [4.78, 5) is 25.9. The van der Waals surface area contributed by atoms with E-state index < -0.39 is 24.1 Å². The molecule has 1 saturated heterocycles. The van der Waals surface area contributed by atoms with Crippen LogP contribution in [-0.2, 0) is 17.1 Å². The van der Waals surface area contributed by atoms with Crippen molar-refractivity contribution < 1.29 is 33.3 Å². The third-order valence-electron chi connectivity index (χ3n) is 5.45. The minimum absolute atomic E-state index is 0.166. The molecule has 1 aliphatic rings. The van der Waals surface area contributed by atoms with Crippen molar-refractivity contribution in [3.63, 3.8) is 0 Å². The maximum Gasteiger partial charge on any atom is 0.410 e. The number of rotatable bonds is 10. The van der Waals surface area contributed by atoms with Crippen LogP contribution < -0.4 is 0 Å². The fourth-order valence-electron chi connectivity index (χ4n) is 3.71. The van der Waals surface area contributed by atoms with Crippen molar-refractivity contribution in [1.29, 1.82) is 0 Å². The number of benzene rings is 1. The number of halogens is 3. The number of carboxylic acid groups (broad SMARTS) is 1. The fraction of sp³-hybridized carbons (Fsp3) is 0.455. The van der Waals surface area contributed by atoms with Crippen molar-refractivity contribution in [3.05, 3.63) is 56.2 Å². The van der Waals surface area contributed by atoms with Gasteiger partial charge in [-0.3, -0.25) is 0 Å². The Morgan fingerprint density at radius 1 is 1.34 bits per heavy atom. The highest BCUT2D eigenvalue weighted by molar-refractivity contribution is 9.10. The van der Waals surface area contributed by atoms with Crippen LogP contribution in [0.2, 0.25) is 0 Å². The first-order chi connectivity index (χ1) is 15.2. The number of carboxylic acids is 1. The maximum absolute atomic E-state index is 14.7. The van der Waals surface area contributed by atoms with Crippen LogP contribution in [0.15, 0.2) is 40.9 Å². The third kappa shape index (κ3) is 6.05. The molecule has 2 N–H and O–H groups in total. The van der Waals surface area contributed by atoms with E-state index in [1.807, 2.05) is 0 Å². The molecule has 174 valence electrons. The van der Waals surface area contributed by atoms with E-state index in [2.05, 4.69) is 15.9 Å². The largest absolute Gasteiger partial charge is 0.477 e. The molecule has 2 aromatic rings. The number of hydrogen-bond acceptors (Lipinski definition) is 5. The molecule has 1 amide bonds. The number of cyclic esters (lactones) is 1. The highest BCUT2D eigenvalue weighted by atomic mass is 79.9. The summed E-state index contributed by atoms with van der Waals surface area (Å²) in [5.74, 6) is -4.38. The van der Waals surface area contributed by atoms with Gasteiger partial charge in [-0.2, -0.15) is 8.78 Å².